The SMILES string of the molecule is CC(C)N(C)C(=O)CN1CC2CNCCN2C1=O. The Labute approximate surface area is 108 Å². The molecule has 0 aliphatic carbocycles. The van der Waals surface area contributed by atoms with Crippen molar-refractivity contribution in [2.45, 2.75) is 25.9 Å². The maximum Gasteiger partial charge on any atom is 0.320 e. The van der Waals surface area contributed by atoms with E-state index in [9.17, 15) is 9.59 Å². The van der Waals surface area contributed by atoms with Crippen LogP contribution in [-0.4, -0.2) is 78.5 Å². The number of likely N-dealkylation sites (N-methyl/N-ethyl adjacent to an activating group) is 1. The molecule has 0 aromatic rings. The number of urea groups is 1. The highest BCUT2D eigenvalue weighted by Crippen LogP contribution is 2.17. The van der Waals surface area contributed by atoms with E-state index in [2.05, 4.69) is 5.32 Å². The van der Waals surface area contributed by atoms with E-state index in [4.69, 9.17) is 0 Å². The molecule has 1 unspecified atom stereocenters. The topological polar surface area (TPSA) is 55.9 Å². The lowest BCUT2D eigenvalue weighted by atomic mass is 10.2. The van der Waals surface area contributed by atoms with Gasteiger partial charge in [-0.3, -0.25) is 4.79 Å². The van der Waals surface area contributed by atoms with Crippen LogP contribution >= 0.6 is 0 Å². The summed E-state index contributed by atoms with van der Waals surface area (Å²) in [5, 5.41) is 3.28. The Bertz CT molecular complexity index is 345. The summed E-state index contributed by atoms with van der Waals surface area (Å²) in [6, 6.07) is 0.398. The van der Waals surface area contributed by atoms with E-state index in [1.165, 1.54) is 0 Å². The zero-order valence-electron chi connectivity index (χ0n) is 11.3. The highest BCUT2D eigenvalue weighted by atomic mass is 16.2. The van der Waals surface area contributed by atoms with Gasteiger partial charge in [-0.2, -0.15) is 0 Å². The third kappa shape index (κ3) is 2.43. The molecule has 2 heterocycles. The summed E-state index contributed by atoms with van der Waals surface area (Å²) in [4.78, 5) is 29.3. The zero-order chi connectivity index (χ0) is 13.3. The number of amides is 3. The Morgan fingerprint density at radius 1 is 1.56 bits per heavy atom. The van der Waals surface area contributed by atoms with Crippen LogP contribution in [0.4, 0.5) is 4.79 Å². The molecular weight excluding hydrogens is 232 g/mol. The number of hydrogen-bond acceptors (Lipinski definition) is 3. The molecule has 2 fully saturated rings. The van der Waals surface area contributed by atoms with Crippen molar-refractivity contribution in [3.8, 4) is 0 Å². The van der Waals surface area contributed by atoms with Crippen molar-refractivity contribution in [3.63, 3.8) is 0 Å². The highest BCUT2D eigenvalue weighted by molar-refractivity contribution is 5.85. The second-order valence-corrected chi connectivity index (χ2v) is 5.31. The zero-order valence-corrected chi connectivity index (χ0v) is 11.3. The van der Waals surface area contributed by atoms with Gasteiger partial charge in [-0.15, -0.1) is 0 Å². The Morgan fingerprint density at radius 3 is 2.89 bits per heavy atom. The van der Waals surface area contributed by atoms with Crippen molar-refractivity contribution in [2.24, 2.45) is 0 Å². The van der Waals surface area contributed by atoms with Crippen LogP contribution in [0.25, 0.3) is 0 Å². The second kappa shape index (κ2) is 5.14. The van der Waals surface area contributed by atoms with Crippen LogP contribution in [-0.2, 0) is 4.79 Å². The minimum atomic E-state index is 0.00570. The van der Waals surface area contributed by atoms with Gasteiger partial charge in [0.05, 0.1) is 6.04 Å². The third-order valence-electron chi connectivity index (χ3n) is 3.79. The summed E-state index contributed by atoms with van der Waals surface area (Å²) >= 11 is 0. The van der Waals surface area contributed by atoms with E-state index in [-0.39, 0.29) is 30.6 Å². The summed E-state index contributed by atoms with van der Waals surface area (Å²) in [6.07, 6.45) is 0. The van der Waals surface area contributed by atoms with Crippen molar-refractivity contribution < 1.29 is 9.59 Å². The molecule has 2 aliphatic heterocycles. The third-order valence-corrected chi connectivity index (χ3v) is 3.79. The summed E-state index contributed by atoms with van der Waals surface area (Å²) in [5.74, 6) is 0.00570. The Balaban J connectivity index is 1.94. The van der Waals surface area contributed by atoms with Crippen molar-refractivity contribution >= 4 is 11.9 Å². The van der Waals surface area contributed by atoms with Crippen LogP contribution in [0.3, 0.4) is 0 Å². The largest absolute Gasteiger partial charge is 0.342 e. The lowest BCUT2D eigenvalue weighted by Gasteiger charge is -2.28. The molecule has 18 heavy (non-hydrogen) atoms. The highest BCUT2D eigenvalue weighted by Gasteiger charge is 2.39. The first-order valence-electron chi connectivity index (χ1n) is 6.52. The summed E-state index contributed by atoms with van der Waals surface area (Å²) in [7, 11) is 1.78. The molecule has 3 amide bonds. The lowest BCUT2D eigenvalue weighted by Crippen LogP contribution is -2.50. The number of carbonyl (C=O) groups excluding carboxylic acids is 2. The predicted octanol–water partition coefficient (Wildman–Crippen LogP) is -0.437. The first-order valence-corrected chi connectivity index (χ1v) is 6.52. The standard InChI is InChI=1S/C12H22N4O2/c1-9(2)14(3)11(17)8-15-7-10-6-13-4-5-16(10)12(15)18/h9-10,13H,4-8H2,1-3H3. The first kappa shape index (κ1) is 13.1. The number of nitrogens with one attached hydrogen (secondary N) is 1. The lowest BCUT2D eigenvalue weighted by molar-refractivity contribution is -0.131. The monoisotopic (exact) mass is 254 g/mol. The minimum Gasteiger partial charge on any atom is -0.342 e. The van der Waals surface area contributed by atoms with Gasteiger partial charge in [0.2, 0.25) is 5.91 Å². The van der Waals surface area contributed by atoms with E-state index >= 15 is 0 Å². The van der Waals surface area contributed by atoms with Gasteiger partial charge < -0.3 is 20.0 Å². The fraction of sp³-hybridized carbons (Fsp3) is 0.833. The van der Waals surface area contributed by atoms with Crippen molar-refractivity contribution in [1.29, 1.82) is 0 Å². The van der Waals surface area contributed by atoms with Crippen LogP contribution in [0.2, 0.25) is 0 Å². The van der Waals surface area contributed by atoms with Crippen LogP contribution in [0.5, 0.6) is 0 Å². The number of hydrogen-bond donors (Lipinski definition) is 1. The Hall–Kier alpha value is -1.30. The van der Waals surface area contributed by atoms with Gasteiger partial charge in [0.25, 0.3) is 0 Å². The quantitative estimate of drug-likeness (QED) is 0.743. The fourth-order valence-corrected chi connectivity index (χ4v) is 2.38. The van der Waals surface area contributed by atoms with Gasteiger partial charge in [-0.25, -0.2) is 4.79 Å². The molecule has 2 rings (SSSR count). The number of piperazine rings is 1. The molecule has 1 atom stereocenters. The number of fused-ring (bicyclic) bond motifs is 1. The predicted molar refractivity (Wildman–Crippen MR) is 68.2 cm³/mol. The maximum absolute atomic E-state index is 12.1. The molecule has 0 aromatic carbocycles. The summed E-state index contributed by atoms with van der Waals surface area (Å²) in [5.41, 5.74) is 0. The van der Waals surface area contributed by atoms with Crippen molar-refractivity contribution in [3.05, 3.63) is 0 Å². The molecule has 1 N–H and O–H groups in total. The molecule has 0 saturated carbocycles. The summed E-state index contributed by atoms with van der Waals surface area (Å²) in [6.45, 7) is 7.21. The molecule has 6 heteroatoms. The molecule has 0 aromatic heterocycles. The molecule has 102 valence electrons. The molecule has 0 bridgehead atoms. The minimum absolute atomic E-state index is 0.00570. The molecular formula is C12H22N4O2. The molecule has 2 saturated heterocycles. The average molecular weight is 254 g/mol. The first-order chi connectivity index (χ1) is 8.50. The van der Waals surface area contributed by atoms with Crippen LogP contribution < -0.4 is 5.32 Å². The number of carbonyl (C=O) groups is 2. The second-order valence-electron chi connectivity index (χ2n) is 5.31. The maximum atomic E-state index is 12.1. The van der Waals surface area contributed by atoms with E-state index in [1.54, 1.807) is 16.8 Å². The van der Waals surface area contributed by atoms with Crippen LogP contribution in [0, 0.1) is 0 Å². The van der Waals surface area contributed by atoms with Gasteiger partial charge in [-0.05, 0) is 13.8 Å². The van der Waals surface area contributed by atoms with Crippen molar-refractivity contribution in [2.75, 3.05) is 39.8 Å². The van der Waals surface area contributed by atoms with Crippen molar-refractivity contribution in [1.82, 2.24) is 20.0 Å². The van der Waals surface area contributed by atoms with Gasteiger partial charge in [0, 0.05) is 39.3 Å². The molecule has 0 spiro atoms. The molecule has 0 radical (unpaired) electrons. The normalized spacial score (nSPS) is 23.6. The molecule has 6 nitrogen and oxygen atoms in total. The Kier molecular flexibility index (Phi) is 3.75. The van der Waals surface area contributed by atoms with Gasteiger partial charge in [0.15, 0.2) is 0 Å². The Morgan fingerprint density at radius 2 is 2.28 bits per heavy atom. The van der Waals surface area contributed by atoms with Gasteiger partial charge >= 0.3 is 6.03 Å². The van der Waals surface area contributed by atoms with E-state index in [0.717, 1.165) is 19.6 Å². The smallest absolute Gasteiger partial charge is 0.320 e. The fourth-order valence-electron chi connectivity index (χ4n) is 2.38. The van der Waals surface area contributed by atoms with E-state index in [1.807, 2.05) is 18.7 Å². The van der Waals surface area contributed by atoms with Crippen LogP contribution in [0.1, 0.15) is 13.8 Å². The number of rotatable bonds is 3. The van der Waals surface area contributed by atoms with Crippen LogP contribution in [0.15, 0.2) is 0 Å². The van der Waals surface area contributed by atoms with Gasteiger partial charge in [-0.1, -0.05) is 0 Å². The van der Waals surface area contributed by atoms with Gasteiger partial charge in [0.1, 0.15) is 6.54 Å². The summed E-state index contributed by atoms with van der Waals surface area (Å²) < 4.78 is 0. The van der Waals surface area contributed by atoms with E-state index < -0.39 is 0 Å². The molecule has 2 aliphatic rings. The van der Waals surface area contributed by atoms with E-state index in [0.29, 0.717) is 6.54 Å². The number of nitrogens with zero attached hydrogens (tertiary/aromatic N) is 3. The average Bonchev–Trinajstić information content (AvgIpc) is 2.66.